The van der Waals surface area contributed by atoms with E-state index in [1.807, 2.05) is 37.8 Å². The monoisotopic (exact) mass is 467 g/mol. The highest BCUT2D eigenvalue weighted by molar-refractivity contribution is 5.98. The fourth-order valence-electron chi connectivity index (χ4n) is 4.95. The zero-order valence-electron chi connectivity index (χ0n) is 20.0. The van der Waals surface area contributed by atoms with Gasteiger partial charge in [0, 0.05) is 49.1 Å². The van der Waals surface area contributed by atoms with Crippen molar-refractivity contribution in [3.63, 3.8) is 0 Å². The van der Waals surface area contributed by atoms with Gasteiger partial charge in [0.2, 0.25) is 5.91 Å². The number of carbonyl (C=O) groups excluding carboxylic acids is 1. The number of hydrogen-bond donors (Lipinski definition) is 2. The van der Waals surface area contributed by atoms with Gasteiger partial charge < -0.3 is 16.0 Å². The van der Waals surface area contributed by atoms with Crippen molar-refractivity contribution < 1.29 is 4.79 Å². The number of fused-ring (bicyclic) bond motifs is 1. The van der Waals surface area contributed by atoms with E-state index in [2.05, 4.69) is 45.4 Å². The van der Waals surface area contributed by atoms with Gasteiger partial charge in [0.25, 0.3) is 0 Å². The Morgan fingerprint density at radius 1 is 1.11 bits per heavy atom. The van der Waals surface area contributed by atoms with Crippen LogP contribution >= 0.6 is 0 Å². The van der Waals surface area contributed by atoms with Crippen molar-refractivity contribution in [2.75, 3.05) is 16.8 Å². The van der Waals surface area contributed by atoms with E-state index < -0.39 is 0 Å². The van der Waals surface area contributed by atoms with Crippen molar-refractivity contribution in [1.29, 1.82) is 0 Å². The first kappa shape index (κ1) is 21.7. The number of carbonyl (C=O) groups is 1. The number of amides is 1. The molecule has 4 aromatic rings. The molecule has 3 aromatic heterocycles. The molecular weight excluding hydrogens is 438 g/mol. The highest BCUT2D eigenvalue weighted by Gasteiger charge is 2.30. The zero-order valence-corrected chi connectivity index (χ0v) is 20.0. The molecule has 6 rings (SSSR count). The van der Waals surface area contributed by atoms with Gasteiger partial charge in [-0.3, -0.25) is 14.5 Å². The molecule has 0 bridgehead atoms. The van der Waals surface area contributed by atoms with Crippen LogP contribution in [0.25, 0.3) is 33.3 Å². The average Bonchev–Trinajstić information content (AvgIpc) is 3.52. The summed E-state index contributed by atoms with van der Waals surface area (Å²) in [5, 5.41) is 9.73. The summed E-state index contributed by atoms with van der Waals surface area (Å²) in [4.78, 5) is 24.0. The smallest absolute Gasteiger partial charge is 0.227 e. The van der Waals surface area contributed by atoms with Gasteiger partial charge in [0.05, 0.1) is 17.5 Å². The molecule has 1 aromatic carbocycles. The van der Waals surface area contributed by atoms with Crippen molar-refractivity contribution in [3.8, 4) is 22.5 Å². The maximum absolute atomic E-state index is 12.4. The van der Waals surface area contributed by atoms with E-state index >= 15 is 0 Å². The van der Waals surface area contributed by atoms with Gasteiger partial charge in [0.15, 0.2) is 0 Å². The molecule has 1 saturated heterocycles. The summed E-state index contributed by atoms with van der Waals surface area (Å²) in [5.74, 6) is 1.12. The third-order valence-corrected chi connectivity index (χ3v) is 7.00. The maximum Gasteiger partial charge on any atom is 0.227 e. The Labute approximate surface area is 204 Å². The van der Waals surface area contributed by atoms with Crippen molar-refractivity contribution in [2.45, 2.75) is 38.8 Å². The minimum Gasteiger partial charge on any atom is -0.341 e. The summed E-state index contributed by atoms with van der Waals surface area (Å²) in [6, 6.07) is 10.5. The van der Waals surface area contributed by atoms with Crippen LogP contribution in [0.4, 0.5) is 11.5 Å². The number of pyridine rings is 2. The first-order valence-electron chi connectivity index (χ1n) is 12.2. The molecule has 1 aliphatic carbocycles. The lowest BCUT2D eigenvalue weighted by Crippen LogP contribution is -2.37. The van der Waals surface area contributed by atoms with E-state index in [1.54, 1.807) is 4.68 Å². The molecule has 1 unspecified atom stereocenters. The summed E-state index contributed by atoms with van der Waals surface area (Å²) >= 11 is 0. The number of aryl methyl sites for hydroxylation is 2. The van der Waals surface area contributed by atoms with Crippen LogP contribution in [0.15, 0.2) is 48.9 Å². The molecule has 0 spiro atoms. The number of aromatic nitrogens is 4. The third kappa shape index (κ3) is 4.04. The second kappa shape index (κ2) is 8.46. The van der Waals surface area contributed by atoms with E-state index in [-0.39, 0.29) is 18.0 Å². The Hall–Kier alpha value is -3.78. The Morgan fingerprint density at radius 2 is 1.97 bits per heavy atom. The van der Waals surface area contributed by atoms with E-state index in [4.69, 9.17) is 10.7 Å². The van der Waals surface area contributed by atoms with Crippen LogP contribution in [0, 0.1) is 12.8 Å². The fraction of sp³-hybridized carbons (Fsp3) is 0.333. The lowest BCUT2D eigenvalue weighted by Gasteiger charge is -2.26. The van der Waals surface area contributed by atoms with Crippen LogP contribution in [0.3, 0.4) is 0 Å². The first-order chi connectivity index (χ1) is 17.0. The number of hydrogen-bond acceptors (Lipinski definition) is 6. The number of nitrogens with zero attached hydrogens (tertiary/aromatic N) is 5. The van der Waals surface area contributed by atoms with Gasteiger partial charge in [0.1, 0.15) is 11.5 Å². The molecule has 3 N–H and O–H groups in total. The molecule has 8 nitrogen and oxygen atoms in total. The molecule has 1 amide bonds. The number of nitrogens with two attached hydrogens (primary N) is 1. The second-order valence-corrected chi connectivity index (χ2v) is 9.69. The van der Waals surface area contributed by atoms with Crippen LogP contribution < -0.4 is 16.0 Å². The van der Waals surface area contributed by atoms with Crippen molar-refractivity contribution in [3.05, 3.63) is 54.5 Å². The standard InChI is InChI=1S/C27H29N7O/c1-16-9-10-29-26(34-11-3-4-23(34)28)24(16)18-7-8-19-14-30-21(13-20(19)12-18)25-22(15-33(2)32-25)31-27(35)17-5-6-17/h7-10,12-15,17,23H,3-6,11,28H2,1-2H3,(H,31,35). The average molecular weight is 468 g/mol. The molecule has 35 heavy (non-hydrogen) atoms. The van der Waals surface area contributed by atoms with E-state index in [0.29, 0.717) is 11.4 Å². The molecule has 0 radical (unpaired) electrons. The Morgan fingerprint density at radius 3 is 2.74 bits per heavy atom. The summed E-state index contributed by atoms with van der Waals surface area (Å²) in [7, 11) is 1.85. The van der Waals surface area contributed by atoms with Gasteiger partial charge in [-0.2, -0.15) is 5.10 Å². The van der Waals surface area contributed by atoms with Gasteiger partial charge in [-0.1, -0.05) is 12.1 Å². The van der Waals surface area contributed by atoms with Gasteiger partial charge in [-0.15, -0.1) is 0 Å². The summed E-state index contributed by atoms with van der Waals surface area (Å²) < 4.78 is 1.71. The highest BCUT2D eigenvalue weighted by Crippen LogP contribution is 2.37. The Kier molecular flexibility index (Phi) is 5.25. The second-order valence-electron chi connectivity index (χ2n) is 9.69. The SMILES string of the molecule is Cc1ccnc(N2CCCC2N)c1-c1ccc2cnc(-c3nn(C)cc3NC(=O)C3CC3)cc2c1. The molecular formula is C27H29N7O. The van der Waals surface area contributed by atoms with Gasteiger partial charge in [-0.25, -0.2) is 4.98 Å². The summed E-state index contributed by atoms with van der Waals surface area (Å²) in [6.07, 6.45) is 9.52. The summed E-state index contributed by atoms with van der Waals surface area (Å²) in [6.45, 7) is 3.04. The first-order valence-corrected chi connectivity index (χ1v) is 12.2. The quantitative estimate of drug-likeness (QED) is 0.455. The molecule has 1 atom stereocenters. The fourth-order valence-corrected chi connectivity index (χ4v) is 4.95. The molecule has 2 fully saturated rings. The Bertz CT molecular complexity index is 1440. The minimum atomic E-state index is -0.00673. The number of benzene rings is 1. The van der Waals surface area contributed by atoms with Crippen LogP contribution in [0.5, 0.6) is 0 Å². The molecule has 1 aliphatic heterocycles. The topological polar surface area (TPSA) is 102 Å². The van der Waals surface area contributed by atoms with Crippen LogP contribution in [0.1, 0.15) is 31.2 Å². The third-order valence-electron chi connectivity index (χ3n) is 7.00. The predicted molar refractivity (Wildman–Crippen MR) is 138 cm³/mol. The number of anilines is 2. The van der Waals surface area contributed by atoms with E-state index in [0.717, 1.165) is 71.2 Å². The Balaban J connectivity index is 1.41. The van der Waals surface area contributed by atoms with Gasteiger partial charge in [-0.05, 0) is 67.3 Å². The molecule has 2 aliphatic rings. The van der Waals surface area contributed by atoms with Crippen LogP contribution in [0.2, 0.25) is 0 Å². The van der Waals surface area contributed by atoms with E-state index in [9.17, 15) is 4.79 Å². The van der Waals surface area contributed by atoms with Crippen molar-refractivity contribution in [1.82, 2.24) is 19.7 Å². The van der Waals surface area contributed by atoms with Crippen LogP contribution in [-0.4, -0.2) is 38.4 Å². The van der Waals surface area contributed by atoms with Crippen LogP contribution in [-0.2, 0) is 11.8 Å². The zero-order chi connectivity index (χ0) is 24.1. The lowest BCUT2D eigenvalue weighted by molar-refractivity contribution is -0.117. The highest BCUT2D eigenvalue weighted by atomic mass is 16.2. The predicted octanol–water partition coefficient (Wildman–Crippen LogP) is 4.24. The van der Waals surface area contributed by atoms with E-state index in [1.165, 1.54) is 0 Å². The normalized spacial score (nSPS) is 17.8. The molecule has 4 heterocycles. The van der Waals surface area contributed by atoms with Crippen molar-refractivity contribution in [2.24, 2.45) is 18.7 Å². The number of rotatable bonds is 5. The van der Waals surface area contributed by atoms with Crippen molar-refractivity contribution >= 4 is 28.2 Å². The molecule has 1 saturated carbocycles. The molecule has 178 valence electrons. The maximum atomic E-state index is 12.4. The number of nitrogens with one attached hydrogen (secondary N) is 1. The van der Waals surface area contributed by atoms with Gasteiger partial charge >= 0.3 is 0 Å². The minimum absolute atomic E-state index is 0.00673. The largest absolute Gasteiger partial charge is 0.341 e. The molecule has 8 heteroatoms. The lowest BCUT2D eigenvalue weighted by atomic mass is 9.98. The summed E-state index contributed by atoms with van der Waals surface area (Å²) in [5.41, 5.74) is 11.9.